The van der Waals surface area contributed by atoms with Gasteiger partial charge in [0.1, 0.15) is 24.5 Å². The number of hydrazone groups is 1. The average Bonchev–Trinajstić information content (AvgIpc) is 3.59. The third kappa shape index (κ3) is 6.46. The maximum atomic E-state index is 12.4. The molecule has 0 bridgehead atoms. The Morgan fingerprint density at radius 3 is 2.67 bits per heavy atom. The van der Waals surface area contributed by atoms with Crippen molar-refractivity contribution in [2.45, 2.75) is 13.2 Å². The van der Waals surface area contributed by atoms with Crippen molar-refractivity contribution in [2.24, 2.45) is 5.10 Å². The highest BCUT2D eigenvalue weighted by molar-refractivity contribution is 5.98. The number of rotatable bonds is 10. The molecule has 2 heterocycles. The van der Waals surface area contributed by atoms with Crippen LogP contribution in [0, 0.1) is 0 Å². The van der Waals surface area contributed by atoms with Crippen LogP contribution >= 0.6 is 0 Å². The summed E-state index contributed by atoms with van der Waals surface area (Å²) in [5, 5.41) is 15.8. The van der Waals surface area contributed by atoms with Gasteiger partial charge in [-0.2, -0.15) is 5.10 Å². The second kappa shape index (κ2) is 11.7. The van der Waals surface area contributed by atoms with Gasteiger partial charge in [0.2, 0.25) is 5.91 Å². The lowest BCUT2D eigenvalue weighted by Crippen LogP contribution is -2.19. The van der Waals surface area contributed by atoms with E-state index in [2.05, 4.69) is 31.1 Å². The molecule has 0 atom stereocenters. The molecule has 0 saturated heterocycles. The number of carbonyl (C=O) groups excluding carboxylic acids is 2. The molecule has 2 amide bonds. The number of methoxy groups -OCH3 is 1. The number of hydrogen-bond donors (Lipinski definition) is 3. The van der Waals surface area contributed by atoms with Gasteiger partial charge in [0.25, 0.3) is 5.91 Å². The third-order valence-corrected chi connectivity index (χ3v) is 5.67. The highest BCUT2D eigenvalue weighted by Crippen LogP contribution is 2.28. The maximum absolute atomic E-state index is 12.4. The van der Waals surface area contributed by atoms with E-state index in [0.29, 0.717) is 34.1 Å². The molecule has 5 rings (SSSR count). The highest BCUT2D eigenvalue weighted by atomic mass is 16.5. The molecule has 0 unspecified atom stereocenters. The highest BCUT2D eigenvalue weighted by Gasteiger charge is 2.11. The van der Waals surface area contributed by atoms with Crippen molar-refractivity contribution in [1.29, 1.82) is 0 Å². The van der Waals surface area contributed by atoms with Gasteiger partial charge in [-0.05, 0) is 48.0 Å². The molecule has 0 aliphatic rings. The molecule has 0 aliphatic heterocycles. The van der Waals surface area contributed by atoms with Crippen LogP contribution in [0.4, 0.5) is 5.69 Å². The number of aromatic amines is 1. The molecule has 0 spiro atoms. The number of benzene rings is 3. The molecule has 196 valence electrons. The summed E-state index contributed by atoms with van der Waals surface area (Å²) in [6.45, 7) is 0.153. The van der Waals surface area contributed by atoms with Gasteiger partial charge < -0.3 is 19.8 Å². The Labute approximate surface area is 223 Å². The van der Waals surface area contributed by atoms with Crippen molar-refractivity contribution in [1.82, 2.24) is 25.4 Å². The Kier molecular flexibility index (Phi) is 7.58. The molecule has 11 heteroatoms. The van der Waals surface area contributed by atoms with E-state index in [4.69, 9.17) is 9.47 Å². The van der Waals surface area contributed by atoms with E-state index in [1.807, 2.05) is 54.6 Å². The fourth-order valence-electron chi connectivity index (χ4n) is 3.81. The zero-order chi connectivity index (χ0) is 27.0. The van der Waals surface area contributed by atoms with Crippen LogP contribution in [-0.2, 0) is 17.9 Å². The lowest BCUT2D eigenvalue weighted by molar-refractivity contribution is -0.116. The van der Waals surface area contributed by atoms with Gasteiger partial charge >= 0.3 is 0 Å². The predicted octanol–water partition coefficient (Wildman–Crippen LogP) is 3.75. The fourth-order valence-corrected chi connectivity index (χ4v) is 3.81. The van der Waals surface area contributed by atoms with Crippen molar-refractivity contribution in [3.05, 3.63) is 102 Å². The summed E-state index contributed by atoms with van der Waals surface area (Å²) in [5.74, 6) is 0.415. The first-order valence-corrected chi connectivity index (χ1v) is 12.0. The molecule has 39 heavy (non-hydrogen) atoms. The Morgan fingerprint density at radius 1 is 1.03 bits per heavy atom. The number of carbonyl (C=O) groups is 2. The first kappa shape index (κ1) is 25.2. The maximum Gasteiger partial charge on any atom is 0.287 e. The van der Waals surface area contributed by atoms with Crippen molar-refractivity contribution in [2.75, 3.05) is 12.4 Å². The summed E-state index contributed by atoms with van der Waals surface area (Å²) in [7, 11) is 1.53. The minimum absolute atomic E-state index is 0.0239. The normalized spacial score (nSPS) is 11.0. The van der Waals surface area contributed by atoms with Gasteiger partial charge in [-0.15, -0.1) is 5.10 Å². The summed E-state index contributed by atoms with van der Waals surface area (Å²) in [4.78, 5) is 27.7. The van der Waals surface area contributed by atoms with Crippen LogP contribution in [0.2, 0.25) is 0 Å². The lowest BCUT2D eigenvalue weighted by atomic mass is 10.2. The number of ether oxygens (including phenoxy) is 2. The van der Waals surface area contributed by atoms with Gasteiger partial charge in [0.05, 0.1) is 19.5 Å². The van der Waals surface area contributed by atoms with Gasteiger partial charge in [-0.1, -0.05) is 41.6 Å². The van der Waals surface area contributed by atoms with Gasteiger partial charge in [0.15, 0.2) is 11.5 Å². The van der Waals surface area contributed by atoms with Crippen molar-refractivity contribution in [3.8, 4) is 11.5 Å². The van der Waals surface area contributed by atoms with Gasteiger partial charge in [-0.25, -0.2) is 10.1 Å². The molecule has 0 radical (unpaired) electrons. The number of amides is 2. The first-order chi connectivity index (χ1) is 19.1. The van der Waals surface area contributed by atoms with Crippen LogP contribution in [0.25, 0.3) is 10.9 Å². The Morgan fingerprint density at radius 2 is 1.85 bits per heavy atom. The van der Waals surface area contributed by atoms with Crippen LogP contribution in [0.5, 0.6) is 11.5 Å². The average molecular weight is 524 g/mol. The van der Waals surface area contributed by atoms with E-state index < -0.39 is 0 Å². The molecule has 11 nitrogen and oxygen atoms in total. The number of nitrogens with one attached hydrogen (secondary N) is 3. The van der Waals surface area contributed by atoms with E-state index in [1.54, 1.807) is 30.5 Å². The Balaban J connectivity index is 1.14. The smallest absolute Gasteiger partial charge is 0.287 e. The number of H-pyrrole nitrogens is 1. The second-order valence-corrected chi connectivity index (χ2v) is 8.49. The van der Waals surface area contributed by atoms with Gasteiger partial charge in [0, 0.05) is 16.6 Å². The van der Waals surface area contributed by atoms with Crippen molar-refractivity contribution in [3.63, 3.8) is 0 Å². The summed E-state index contributed by atoms with van der Waals surface area (Å²) < 4.78 is 12.7. The minimum atomic E-state index is -0.347. The topological polar surface area (TPSA) is 136 Å². The second-order valence-electron chi connectivity index (χ2n) is 8.49. The van der Waals surface area contributed by atoms with E-state index in [1.165, 1.54) is 18.0 Å². The van der Waals surface area contributed by atoms with Crippen molar-refractivity contribution >= 4 is 34.6 Å². The summed E-state index contributed by atoms with van der Waals surface area (Å²) >= 11 is 0. The molecule has 0 saturated carbocycles. The van der Waals surface area contributed by atoms with E-state index in [9.17, 15) is 9.59 Å². The predicted molar refractivity (Wildman–Crippen MR) is 146 cm³/mol. The molecule has 5 aromatic rings. The van der Waals surface area contributed by atoms with Crippen LogP contribution in [-0.4, -0.2) is 45.1 Å². The molecule has 0 aliphatic carbocycles. The largest absolute Gasteiger partial charge is 0.493 e. The molecular formula is C28H25N7O4. The standard InChI is InChI=1S/C28H25N7O4/c1-38-26-13-19(15-29-33-28(37)24-14-20-7-5-6-10-23(20)31-24)11-12-25(26)39-18-22-16-35(34-32-22)17-27(36)30-21-8-3-2-4-9-21/h2-16,31H,17-18H2,1H3,(H,30,36)(H,33,37)/b29-15+. The molecule has 2 aromatic heterocycles. The SMILES string of the molecule is COc1cc(/C=N/NC(=O)c2cc3ccccc3[nH]2)ccc1OCc1cn(CC(=O)Nc2ccccc2)nn1. The van der Waals surface area contributed by atoms with Crippen LogP contribution in [0.1, 0.15) is 21.7 Å². The third-order valence-electron chi connectivity index (χ3n) is 5.67. The van der Waals surface area contributed by atoms with Crippen LogP contribution in [0.3, 0.4) is 0 Å². The summed E-state index contributed by atoms with van der Waals surface area (Å²) in [6.07, 6.45) is 3.16. The quantitative estimate of drug-likeness (QED) is 0.188. The van der Waals surface area contributed by atoms with Crippen molar-refractivity contribution < 1.29 is 19.1 Å². The fraction of sp³-hybridized carbons (Fsp3) is 0.107. The van der Waals surface area contributed by atoms with Crippen LogP contribution < -0.4 is 20.2 Å². The number of hydrogen-bond acceptors (Lipinski definition) is 7. The first-order valence-electron chi connectivity index (χ1n) is 12.0. The number of nitrogens with zero attached hydrogens (tertiary/aromatic N) is 4. The van der Waals surface area contributed by atoms with E-state index in [-0.39, 0.29) is 25.0 Å². The number of anilines is 1. The zero-order valence-electron chi connectivity index (χ0n) is 21.0. The molecule has 3 aromatic carbocycles. The van der Waals surface area contributed by atoms with E-state index >= 15 is 0 Å². The molecular weight excluding hydrogens is 498 g/mol. The monoisotopic (exact) mass is 523 g/mol. The van der Waals surface area contributed by atoms with E-state index in [0.717, 1.165) is 10.9 Å². The Bertz CT molecular complexity index is 1590. The Hall–Kier alpha value is -5.45. The molecule has 0 fully saturated rings. The molecule has 3 N–H and O–H groups in total. The van der Waals surface area contributed by atoms with Gasteiger partial charge in [-0.3, -0.25) is 9.59 Å². The summed E-state index contributed by atoms with van der Waals surface area (Å²) in [6, 6.07) is 23.8. The summed E-state index contributed by atoms with van der Waals surface area (Å²) in [5.41, 5.74) is 5.78. The number of para-hydroxylation sites is 2. The van der Waals surface area contributed by atoms with Crippen LogP contribution in [0.15, 0.2) is 90.2 Å². The number of fused-ring (bicyclic) bond motifs is 1. The minimum Gasteiger partial charge on any atom is -0.493 e. The lowest BCUT2D eigenvalue weighted by Gasteiger charge is -2.10. The number of aromatic nitrogens is 4. The zero-order valence-corrected chi connectivity index (χ0v) is 21.0.